The number of nitrogens with one attached hydrogen (secondary N) is 1. The maximum Gasteiger partial charge on any atom is 0.321 e. The Morgan fingerprint density at radius 3 is 2.54 bits per heavy atom. The van der Waals surface area contributed by atoms with Crippen LogP contribution in [0.2, 0.25) is 0 Å². The quantitative estimate of drug-likeness (QED) is 0.416. The summed E-state index contributed by atoms with van der Waals surface area (Å²) in [5.74, 6) is 0.669. The highest BCUT2D eigenvalue weighted by Gasteiger charge is 2.30. The molecule has 1 atom stereocenters. The van der Waals surface area contributed by atoms with Crippen LogP contribution >= 0.6 is 0 Å². The number of hydrogen-bond acceptors (Lipinski definition) is 4. The molecular weight excluding hydrogens is 466 g/mol. The molecule has 1 aliphatic heterocycles. The van der Waals surface area contributed by atoms with Gasteiger partial charge >= 0.3 is 6.03 Å². The number of amides is 3. The third-order valence-corrected chi connectivity index (χ3v) is 7.13. The molecule has 1 aliphatic carbocycles. The molecule has 2 fully saturated rings. The standard InChI is InChI=1S/C30H41N3O4/c1-3-4-5-15-31-30(35)32(2)27-8-6-7-26(21-27)25-13-11-23(12-14-25)20-28(37-22-24-9-10-24)29(34)33-16-18-36-19-17-33/h6-8,11-14,21,24,28H,3-5,9-10,15-20,22H2,1-2H3,(H,31,35). The Kier molecular flexibility index (Phi) is 9.97. The van der Waals surface area contributed by atoms with Crippen LogP contribution in [-0.2, 0) is 20.7 Å². The lowest BCUT2D eigenvalue weighted by molar-refractivity contribution is -0.148. The number of ether oxygens (including phenoxy) is 2. The zero-order valence-corrected chi connectivity index (χ0v) is 22.3. The van der Waals surface area contributed by atoms with E-state index in [1.165, 1.54) is 12.8 Å². The Bertz CT molecular complexity index is 1020. The van der Waals surface area contributed by atoms with Crippen molar-refractivity contribution in [1.29, 1.82) is 0 Å². The summed E-state index contributed by atoms with van der Waals surface area (Å²) < 4.78 is 11.5. The predicted molar refractivity (Wildman–Crippen MR) is 147 cm³/mol. The highest BCUT2D eigenvalue weighted by molar-refractivity contribution is 5.92. The van der Waals surface area contributed by atoms with Crippen molar-refractivity contribution in [3.05, 3.63) is 54.1 Å². The molecule has 2 aliphatic rings. The number of urea groups is 1. The van der Waals surface area contributed by atoms with Crippen LogP contribution in [0.5, 0.6) is 0 Å². The molecular formula is C30H41N3O4. The van der Waals surface area contributed by atoms with Crippen molar-refractivity contribution in [1.82, 2.24) is 10.2 Å². The normalized spacial score (nSPS) is 16.3. The largest absolute Gasteiger partial charge is 0.378 e. The Labute approximate surface area is 221 Å². The first-order valence-electron chi connectivity index (χ1n) is 13.7. The Morgan fingerprint density at radius 2 is 1.84 bits per heavy atom. The summed E-state index contributed by atoms with van der Waals surface area (Å²) in [5.41, 5.74) is 4.03. The van der Waals surface area contributed by atoms with Crippen LogP contribution in [0.3, 0.4) is 0 Å². The predicted octanol–water partition coefficient (Wildman–Crippen LogP) is 4.89. The third-order valence-electron chi connectivity index (χ3n) is 7.13. The maximum absolute atomic E-state index is 13.2. The van der Waals surface area contributed by atoms with Gasteiger partial charge in [0, 0.05) is 38.8 Å². The van der Waals surface area contributed by atoms with Gasteiger partial charge in [0.05, 0.1) is 19.8 Å². The number of unbranched alkanes of at least 4 members (excludes halogenated alkanes) is 2. The van der Waals surface area contributed by atoms with E-state index in [1.54, 1.807) is 11.9 Å². The molecule has 4 rings (SSSR count). The highest BCUT2D eigenvalue weighted by atomic mass is 16.5. The van der Waals surface area contributed by atoms with Gasteiger partial charge in [-0.15, -0.1) is 0 Å². The van der Waals surface area contributed by atoms with Crippen molar-refractivity contribution < 1.29 is 19.1 Å². The molecule has 1 unspecified atom stereocenters. The summed E-state index contributed by atoms with van der Waals surface area (Å²) in [4.78, 5) is 29.3. The second-order valence-corrected chi connectivity index (χ2v) is 10.2. The number of morpholine rings is 1. The lowest BCUT2D eigenvalue weighted by Gasteiger charge is -2.30. The van der Waals surface area contributed by atoms with Crippen LogP contribution in [0, 0.1) is 5.92 Å². The lowest BCUT2D eigenvalue weighted by Crippen LogP contribution is -2.47. The maximum atomic E-state index is 13.2. The molecule has 7 heteroatoms. The zero-order chi connectivity index (χ0) is 26.0. The zero-order valence-electron chi connectivity index (χ0n) is 22.3. The summed E-state index contributed by atoms with van der Waals surface area (Å²) in [5, 5.41) is 2.99. The van der Waals surface area contributed by atoms with Crippen molar-refractivity contribution in [3.63, 3.8) is 0 Å². The molecule has 1 heterocycles. The lowest BCUT2D eigenvalue weighted by atomic mass is 10.0. The van der Waals surface area contributed by atoms with E-state index in [4.69, 9.17) is 9.47 Å². The second kappa shape index (κ2) is 13.6. The van der Waals surface area contributed by atoms with Crippen LogP contribution in [-0.4, -0.2) is 69.4 Å². The molecule has 2 aromatic rings. The summed E-state index contributed by atoms with van der Waals surface area (Å²) in [6.07, 6.45) is 5.73. The summed E-state index contributed by atoms with van der Waals surface area (Å²) in [6, 6.07) is 16.2. The number of benzene rings is 2. The molecule has 1 saturated carbocycles. The van der Waals surface area contributed by atoms with Crippen LogP contribution < -0.4 is 10.2 Å². The molecule has 0 spiro atoms. The first kappa shape index (κ1) is 27.1. The minimum Gasteiger partial charge on any atom is -0.378 e. The molecule has 1 saturated heterocycles. The molecule has 0 aromatic heterocycles. The van der Waals surface area contributed by atoms with Gasteiger partial charge in [-0.1, -0.05) is 56.2 Å². The number of hydrogen-bond donors (Lipinski definition) is 1. The summed E-state index contributed by atoms with van der Waals surface area (Å²) in [6.45, 7) is 5.93. The minimum absolute atomic E-state index is 0.0664. The van der Waals surface area contributed by atoms with Crippen molar-refractivity contribution in [2.24, 2.45) is 5.92 Å². The van der Waals surface area contributed by atoms with Crippen molar-refractivity contribution in [3.8, 4) is 11.1 Å². The number of nitrogens with zero attached hydrogens (tertiary/aromatic N) is 2. The van der Waals surface area contributed by atoms with Crippen LogP contribution in [0.1, 0.15) is 44.6 Å². The Balaban J connectivity index is 1.39. The van der Waals surface area contributed by atoms with Crippen molar-refractivity contribution in [2.75, 3.05) is 51.4 Å². The Morgan fingerprint density at radius 1 is 1.08 bits per heavy atom. The molecule has 7 nitrogen and oxygen atoms in total. The van der Waals surface area contributed by atoms with E-state index in [0.29, 0.717) is 51.8 Å². The fourth-order valence-electron chi connectivity index (χ4n) is 4.49. The van der Waals surface area contributed by atoms with E-state index < -0.39 is 6.10 Å². The molecule has 0 radical (unpaired) electrons. The van der Waals surface area contributed by atoms with Crippen molar-refractivity contribution >= 4 is 17.6 Å². The Hall–Kier alpha value is -2.90. The fourth-order valence-corrected chi connectivity index (χ4v) is 4.49. The topological polar surface area (TPSA) is 71.1 Å². The molecule has 3 amide bonds. The van der Waals surface area contributed by atoms with Crippen LogP contribution in [0.4, 0.5) is 10.5 Å². The van der Waals surface area contributed by atoms with E-state index in [1.807, 2.05) is 23.1 Å². The van der Waals surface area contributed by atoms with Gasteiger partial charge in [-0.25, -0.2) is 4.79 Å². The molecule has 200 valence electrons. The van der Waals surface area contributed by atoms with E-state index in [0.717, 1.165) is 41.6 Å². The molecule has 1 N–H and O–H groups in total. The van der Waals surface area contributed by atoms with Gasteiger partial charge in [-0.05, 0) is 54.0 Å². The number of carbonyl (C=O) groups excluding carboxylic acids is 2. The summed E-state index contributed by atoms with van der Waals surface area (Å²) >= 11 is 0. The molecule has 2 aromatic carbocycles. The first-order valence-corrected chi connectivity index (χ1v) is 13.7. The highest BCUT2D eigenvalue weighted by Crippen LogP contribution is 2.30. The van der Waals surface area contributed by atoms with Crippen molar-refractivity contribution in [2.45, 2.75) is 51.6 Å². The minimum atomic E-state index is -0.461. The van der Waals surface area contributed by atoms with Crippen LogP contribution in [0.15, 0.2) is 48.5 Å². The number of carbonyl (C=O) groups is 2. The SMILES string of the molecule is CCCCCNC(=O)N(C)c1cccc(-c2ccc(CC(OCC3CC3)C(=O)N3CCOCC3)cc2)c1. The van der Waals surface area contributed by atoms with Gasteiger partial charge in [-0.2, -0.15) is 0 Å². The van der Waals surface area contributed by atoms with Crippen LogP contribution in [0.25, 0.3) is 11.1 Å². The summed E-state index contributed by atoms with van der Waals surface area (Å²) in [7, 11) is 1.80. The van der Waals surface area contributed by atoms with Gasteiger partial charge in [0.25, 0.3) is 5.91 Å². The average molecular weight is 508 g/mol. The van der Waals surface area contributed by atoms with Gasteiger partial charge in [-0.3, -0.25) is 9.69 Å². The first-order chi connectivity index (χ1) is 18.0. The van der Waals surface area contributed by atoms with Gasteiger partial charge < -0.3 is 19.7 Å². The van der Waals surface area contributed by atoms with E-state index in [2.05, 4.69) is 42.6 Å². The smallest absolute Gasteiger partial charge is 0.321 e. The van der Waals surface area contributed by atoms with Gasteiger partial charge in [0.2, 0.25) is 0 Å². The number of rotatable bonds is 12. The number of anilines is 1. The molecule has 37 heavy (non-hydrogen) atoms. The van der Waals surface area contributed by atoms with E-state index >= 15 is 0 Å². The fraction of sp³-hybridized carbons (Fsp3) is 0.533. The van der Waals surface area contributed by atoms with Gasteiger partial charge in [0.15, 0.2) is 0 Å². The van der Waals surface area contributed by atoms with E-state index in [-0.39, 0.29) is 11.9 Å². The van der Waals surface area contributed by atoms with E-state index in [9.17, 15) is 9.59 Å². The average Bonchev–Trinajstić information content (AvgIpc) is 3.78. The third kappa shape index (κ3) is 8.04. The monoisotopic (exact) mass is 507 g/mol. The second-order valence-electron chi connectivity index (χ2n) is 10.2. The molecule has 0 bridgehead atoms. The van der Waals surface area contributed by atoms with Gasteiger partial charge in [0.1, 0.15) is 6.10 Å².